The van der Waals surface area contributed by atoms with Crippen molar-refractivity contribution in [2.45, 2.75) is 11.4 Å². The highest BCUT2D eigenvalue weighted by Gasteiger charge is 2.26. The van der Waals surface area contributed by atoms with E-state index < -0.39 is 10.0 Å². The number of nitrogens with zero attached hydrogens (tertiary/aromatic N) is 1. The lowest BCUT2D eigenvalue weighted by molar-refractivity contribution is 0.0958. The average molecular weight is 437 g/mol. The van der Waals surface area contributed by atoms with E-state index in [4.69, 9.17) is 4.74 Å². The summed E-state index contributed by atoms with van der Waals surface area (Å²) in [5.74, 6) is 0.262. The molecule has 1 N–H and O–H groups in total. The van der Waals surface area contributed by atoms with Crippen LogP contribution in [-0.4, -0.2) is 28.0 Å². The predicted octanol–water partition coefficient (Wildman–Crippen LogP) is 4.01. The second kappa shape index (κ2) is 9.95. The van der Waals surface area contributed by atoms with Crippen LogP contribution in [0.15, 0.2) is 96.4 Å². The standard InChI is InChI=1S/C24H24N2O4S/c1-3-16-25-24(27)20-10-7-11-23(17-20)31(28,29)26(18-19-8-5-4-6-9-19)21-12-14-22(30-2)15-13-21/h3-15,17H,1,16,18H2,2H3,(H,25,27). The molecule has 0 radical (unpaired) electrons. The number of carbonyl (C=O) groups excluding carboxylic acids is 1. The lowest BCUT2D eigenvalue weighted by Crippen LogP contribution is -2.31. The first kappa shape index (κ1) is 22.1. The number of methoxy groups -OCH3 is 1. The van der Waals surface area contributed by atoms with Gasteiger partial charge in [-0.15, -0.1) is 6.58 Å². The molecule has 1 amide bonds. The van der Waals surface area contributed by atoms with E-state index in [-0.39, 0.29) is 22.9 Å². The van der Waals surface area contributed by atoms with Crippen molar-refractivity contribution in [3.63, 3.8) is 0 Å². The molecule has 0 spiro atoms. The van der Waals surface area contributed by atoms with Gasteiger partial charge in [0.1, 0.15) is 5.75 Å². The van der Waals surface area contributed by atoms with Gasteiger partial charge >= 0.3 is 0 Å². The molecule has 0 heterocycles. The Morgan fingerprint density at radius 1 is 1.03 bits per heavy atom. The molecule has 0 aromatic heterocycles. The zero-order valence-electron chi connectivity index (χ0n) is 17.2. The molecule has 0 aliphatic heterocycles. The maximum Gasteiger partial charge on any atom is 0.264 e. The molecule has 0 saturated heterocycles. The summed E-state index contributed by atoms with van der Waals surface area (Å²) in [5, 5.41) is 2.66. The van der Waals surface area contributed by atoms with Gasteiger partial charge in [0.05, 0.1) is 24.2 Å². The van der Waals surface area contributed by atoms with Crippen molar-refractivity contribution in [1.82, 2.24) is 5.32 Å². The summed E-state index contributed by atoms with van der Waals surface area (Å²) in [6, 6.07) is 22.1. The van der Waals surface area contributed by atoms with Gasteiger partial charge in [0.25, 0.3) is 15.9 Å². The molecule has 0 atom stereocenters. The third-order valence-electron chi connectivity index (χ3n) is 4.62. The van der Waals surface area contributed by atoms with Gasteiger partial charge in [0.2, 0.25) is 0 Å². The SMILES string of the molecule is C=CCNC(=O)c1cccc(S(=O)(=O)N(Cc2ccccc2)c2ccc(OC)cc2)c1. The molecule has 0 aliphatic carbocycles. The topological polar surface area (TPSA) is 75.7 Å². The number of hydrogen-bond acceptors (Lipinski definition) is 4. The van der Waals surface area contributed by atoms with Gasteiger partial charge in [-0.25, -0.2) is 8.42 Å². The van der Waals surface area contributed by atoms with E-state index in [1.54, 1.807) is 49.6 Å². The van der Waals surface area contributed by atoms with Gasteiger partial charge < -0.3 is 10.1 Å². The van der Waals surface area contributed by atoms with Crippen LogP contribution in [0.4, 0.5) is 5.69 Å². The van der Waals surface area contributed by atoms with Crippen molar-refractivity contribution in [3.8, 4) is 5.75 Å². The Hall–Kier alpha value is -3.58. The number of hydrogen-bond donors (Lipinski definition) is 1. The Kier molecular flexibility index (Phi) is 7.10. The van der Waals surface area contributed by atoms with E-state index in [0.717, 1.165) is 5.56 Å². The van der Waals surface area contributed by atoms with E-state index >= 15 is 0 Å². The van der Waals surface area contributed by atoms with Gasteiger partial charge in [-0.1, -0.05) is 42.5 Å². The highest BCUT2D eigenvalue weighted by Crippen LogP contribution is 2.28. The normalized spacial score (nSPS) is 10.9. The van der Waals surface area contributed by atoms with Gasteiger partial charge in [-0.3, -0.25) is 9.10 Å². The molecule has 7 heteroatoms. The van der Waals surface area contributed by atoms with Crippen LogP contribution in [0, 0.1) is 0 Å². The third-order valence-corrected chi connectivity index (χ3v) is 6.39. The summed E-state index contributed by atoms with van der Waals surface area (Å²) in [6.07, 6.45) is 1.56. The number of nitrogens with one attached hydrogen (secondary N) is 1. The first-order chi connectivity index (χ1) is 15.0. The van der Waals surface area contributed by atoms with Gasteiger partial charge in [0.15, 0.2) is 0 Å². The monoisotopic (exact) mass is 436 g/mol. The highest BCUT2D eigenvalue weighted by molar-refractivity contribution is 7.92. The molecule has 6 nitrogen and oxygen atoms in total. The van der Waals surface area contributed by atoms with Crippen LogP contribution >= 0.6 is 0 Å². The Balaban J connectivity index is 2.02. The molecular formula is C24H24N2O4S. The molecule has 3 aromatic carbocycles. The highest BCUT2D eigenvalue weighted by atomic mass is 32.2. The van der Waals surface area contributed by atoms with Crippen LogP contribution in [0.5, 0.6) is 5.75 Å². The molecule has 3 rings (SSSR count). The first-order valence-electron chi connectivity index (χ1n) is 9.65. The maximum absolute atomic E-state index is 13.6. The third kappa shape index (κ3) is 5.32. The first-order valence-corrected chi connectivity index (χ1v) is 11.1. The number of benzene rings is 3. The number of ether oxygens (including phenoxy) is 1. The Labute approximate surface area is 182 Å². The number of anilines is 1. The minimum atomic E-state index is -3.96. The van der Waals surface area contributed by atoms with Crippen LogP contribution in [0.3, 0.4) is 0 Å². The van der Waals surface area contributed by atoms with Crippen molar-refractivity contribution in [3.05, 3.63) is 103 Å². The fourth-order valence-corrected chi connectivity index (χ4v) is 4.50. The summed E-state index contributed by atoms with van der Waals surface area (Å²) in [6.45, 7) is 4.00. The summed E-state index contributed by atoms with van der Waals surface area (Å²) in [4.78, 5) is 12.3. The summed E-state index contributed by atoms with van der Waals surface area (Å²) in [7, 11) is -2.40. The van der Waals surface area contributed by atoms with Gasteiger partial charge in [-0.2, -0.15) is 0 Å². The molecule has 31 heavy (non-hydrogen) atoms. The van der Waals surface area contributed by atoms with E-state index in [9.17, 15) is 13.2 Å². The molecular weight excluding hydrogens is 412 g/mol. The van der Waals surface area contributed by atoms with Crippen LogP contribution in [0.25, 0.3) is 0 Å². The van der Waals surface area contributed by atoms with Crippen LogP contribution < -0.4 is 14.4 Å². The largest absolute Gasteiger partial charge is 0.497 e. The van der Waals surface area contributed by atoms with Gasteiger partial charge in [0, 0.05) is 12.1 Å². The van der Waals surface area contributed by atoms with E-state index in [0.29, 0.717) is 18.0 Å². The van der Waals surface area contributed by atoms with Crippen molar-refractivity contribution in [2.24, 2.45) is 0 Å². The second-order valence-electron chi connectivity index (χ2n) is 6.72. The molecule has 0 bridgehead atoms. The fourth-order valence-electron chi connectivity index (χ4n) is 3.00. The molecule has 3 aromatic rings. The minimum absolute atomic E-state index is 0.0329. The average Bonchev–Trinajstić information content (AvgIpc) is 2.81. The zero-order chi connectivity index (χ0) is 22.3. The predicted molar refractivity (Wildman–Crippen MR) is 122 cm³/mol. The van der Waals surface area contributed by atoms with Crippen LogP contribution in [0.2, 0.25) is 0 Å². The van der Waals surface area contributed by atoms with E-state index in [1.807, 2.05) is 30.3 Å². The number of amides is 1. The Bertz CT molecular complexity index is 1140. The van der Waals surface area contributed by atoms with Crippen LogP contribution in [0.1, 0.15) is 15.9 Å². The minimum Gasteiger partial charge on any atom is -0.497 e. The quantitative estimate of drug-likeness (QED) is 0.515. The van der Waals surface area contributed by atoms with Crippen molar-refractivity contribution >= 4 is 21.6 Å². The lowest BCUT2D eigenvalue weighted by atomic mass is 10.2. The van der Waals surface area contributed by atoms with Crippen molar-refractivity contribution < 1.29 is 17.9 Å². The zero-order valence-corrected chi connectivity index (χ0v) is 18.0. The molecule has 0 unspecified atom stereocenters. The Morgan fingerprint density at radius 2 is 1.74 bits per heavy atom. The Morgan fingerprint density at radius 3 is 2.39 bits per heavy atom. The second-order valence-corrected chi connectivity index (χ2v) is 8.58. The molecule has 0 fully saturated rings. The van der Waals surface area contributed by atoms with Crippen molar-refractivity contribution in [1.29, 1.82) is 0 Å². The van der Waals surface area contributed by atoms with Crippen molar-refractivity contribution in [2.75, 3.05) is 18.0 Å². The summed E-state index contributed by atoms with van der Waals surface area (Å²) >= 11 is 0. The maximum atomic E-state index is 13.6. The van der Waals surface area contributed by atoms with E-state index in [1.165, 1.54) is 16.4 Å². The van der Waals surface area contributed by atoms with Crippen LogP contribution in [-0.2, 0) is 16.6 Å². The lowest BCUT2D eigenvalue weighted by Gasteiger charge is -2.25. The molecule has 0 saturated carbocycles. The molecule has 160 valence electrons. The smallest absolute Gasteiger partial charge is 0.264 e. The number of rotatable bonds is 9. The molecule has 0 aliphatic rings. The number of carbonyl (C=O) groups is 1. The number of sulfonamides is 1. The van der Waals surface area contributed by atoms with Gasteiger partial charge in [-0.05, 0) is 48.0 Å². The van der Waals surface area contributed by atoms with E-state index in [2.05, 4.69) is 11.9 Å². The summed E-state index contributed by atoms with van der Waals surface area (Å²) < 4.78 is 33.8. The summed E-state index contributed by atoms with van der Waals surface area (Å²) in [5.41, 5.74) is 1.59. The fraction of sp³-hybridized carbons (Fsp3) is 0.125.